The van der Waals surface area contributed by atoms with Crippen LogP contribution in [0.5, 0.6) is 0 Å². The first-order chi connectivity index (χ1) is 10.8. The molecule has 1 aliphatic rings. The van der Waals surface area contributed by atoms with Gasteiger partial charge in [-0.15, -0.1) is 24.0 Å². The molecule has 0 aromatic heterocycles. The second-order valence-corrected chi connectivity index (χ2v) is 5.42. The quantitative estimate of drug-likeness (QED) is 0.323. The van der Waals surface area contributed by atoms with Gasteiger partial charge < -0.3 is 15.0 Å². The van der Waals surface area contributed by atoms with Gasteiger partial charge in [-0.25, -0.2) is 0 Å². The number of ether oxygens (including phenoxy) is 1. The van der Waals surface area contributed by atoms with E-state index in [1.807, 2.05) is 14.0 Å². The molecule has 0 unspecified atom stereocenters. The molecule has 1 aliphatic heterocycles. The predicted molar refractivity (Wildman–Crippen MR) is 107 cm³/mol. The molecule has 130 valence electrons. The minimum Gasteiger partial charge on any atom is -0.380 e. The van der Waals surface area contributed by atoms with E-state index >= 15 is 0 Å². The third-order valence-electron chi connectivity index (χ3n) is 3.87. The number of aliphatic imine (C=N–C) groups is 1. The normalized spacial score (nSPS) is 16.1. The van der Waals surface area contributed by atoms with Crippen molar-refractivity contribution in [1.82, 2.24) is 15.1 Å². The SMILES string of the molecule is CCOCCNC(=NC)N1CCN(Cc2ccccc2)CC1.I. The number of halogens is 1. The second-order valence-electron chi connectivity index (χ2n) is 5.42. The predicted octanol–water partition coefficient (Wildman–Crippen LogP) is 2.03. The topological polar surface area (TPSA) is 40.1 Å². The maximum atomic E-state index is 5.35. The average molecular weight is 432 g/mol. The Hall–Kier alpha value is -0.860. The Morgan fingerprint density at radius 1 is 1.17 bits per heavy atom. The van der Waals surface area contributed by atoms with Gasteiger partial charge in [0.25, 0.3) is 0 Å². The lowest BCUT2D eigenvalue weighted by Gasteiger charge is -2.36. The van der Waals surface area contributed by atoms with Crippen molar-refractivity contribution in [2.75, 3.05) is 53.0 Å². The van der Waals surface area contributed by atoms with Crippen molar-refractivity contribution in [3.63, 3.8) is 0 Å². The molecule has 0 amide bonds. The molecule has 0 spiro atoms. The van der Waals surface area contributed by atoms with Gasteiger partial charge in [0.2, 0.25) is 0 Å². The third kappa shape index (κ3) is 7.05. The molecular weight excluding hydrogens is 403 g/mol. The largest absolute Gasteiger partial charge is 0.380 e. The van der Waals surface area contributed by atoms with Crippen LogP contribution in [0.4, 0.5) is 0 Å². The van der Waals surface area contributed by atoms with E-state index in [1.165, 1.54) is 5.56 Å². The van der Waals surface area contributed by atoms with E-state index in [1.54, 1.807) is 0 Å². The van der Waals surface area contributed by atoms with Crippen LogP contribution in [0.25, 0.3) is 0 Å². The van der Waals surface area contributed by atoms with E-state index in [0.717, 1.165) is 58.4 Å². The number of benzene rings is 1. The van der Waals surface area contributed by atoms with Gasteiger partial charge in [-0.05, 0) is 12.5 Å². The molecule has 0 aliphatic carbocycles. The van der Waals surface area contributed by atoms with E-state index in [9.17, 15) is 0 Å². The number of guanidine groups is 1. The summed E-state index contributed by atoms with van der Waals surface area (Å²) in [6, 6.07) is 10.7. The van der Waals surface area contributed by atoms with E-state index in [0.29, 0.717) is 0 Å². The molecule has 23 heavy (non-hydrogen) atoms. The Kier molecular flexibility index (Phi) is 10.2. The molecule has 0 radical (unpaired) electrons. The Morgan fingerprint density at radius 3 is 2.48 bits per heavy atom. The Morgan fingerprint density at radius 2 is 1.87 bits per heavy atom. The minimum atomic E-state index is 0. The van der Waals surface area contributed by atoms with Crippen molar-refractivity contribution in [1.29, 1.82) is 0 Å². The second kappa shape index (κ2) is 11.6. The highest BCUT2D eigenvalue weighted by Crippen LogP contribution is 2.08. The van der Waals surface area contributed by atoms with Crippen LogP contribution in [-0.2, 0) is 11.3 Å². The van der Waals surface area contributed by atoms with E-state index in [-0.39, 0.29) is 24.0 Å². The molecule has 0 atom stereocenters. The average Bonchev–Trinajstić information content (AvgIpc) is 2.57. The van der Waals surface area contributed by atoms with Gasteiger partial charge in [0.1, 0.15) is 0 Å². The van der Waals surface area contributed by atoms with Gasteiger partial charge in [-0.3, -0.25) is 9.89 Å². The molecule has 1 aromatic carbocycles. The fourth-order valence-electron chi connectivity index (χ4n) is 2.67. The summed E-state index contributed by atoms with van der Waals surface area (Å²) in [7, 11) is 1.85. The van der Waals surface area contributed by atoms with Gasteiger partial charge >= 0.3 is 0 Å². The van der Waals surface area contributed by atoms with Gasteiger partial charge in [0.05, 0.1) is 6.61 Å². The highest BCUT2D eigenvalue weighted by molar-refractivity contribution is 14.0. The lowest BCUT2D eigenvalue weighted by molar-refractivity contribution is 0.149. The maximum Gasteiger partial charge on any atom is 0.193 e. The van der Waals surface area contributed by atoms with Gasteiger partial charge in [-0.2, -0.15) is 0 Å². The van der Waals surface area contributed by atoms with Crippen molar-refractivity contribution in [3.05, 3.63) is 35.9 Å². The highest BCUT2D eigenvalue weighted by atomic mass is 127. The van der Waals surface area contributed by atoms with Crippen molar-refractivity contribution >= 4 is 29.9 Å². The minimum absolute atomic E-state index is 0. The van der Waals surface area contributed by atoms with Crippen molar-refractivity contribution in [2.24, 2.45) is 4.99 Å². The summed E-state index contributed by atoms with van der Waals surface area (Å²) in [5.74, 6) is 0.985. The van der Waals surface area contributed by atoms with Gasteiger partial charge in [0.15, 0.2) is 5.96 Å². The van der Waals surface area contributed by atoms with Crippen LogP contribution < -0.4 is 5.32 Å². The molecule has 1 saturated heterocycles. The molecule has 1 heterocycles. The van der Waals surface area contributed by atoms with Gasteiger partial charge in [0, 0.05) is 52.9 Å². The Bertz CT molecular complexity index is 447. The van der Waals surface area contributed by atoms with Crippen LogP contribution >= 0.6 is 24.0 Å². The zero-order valence-corrected chi connectivity index (χ0v) is 16.5. The molecule has 5 nitrogen and oxygen atoms in total. The van der Waals surface area contributed by atoms with E-state index in [2.05, 4.69) is 50.4 Å². The first kappa shape index (κ1) is 20.2. The zero-order valence-electron chi connectivity index (χ0n) is 14.2. The fourth-order valence-corrected chi connectivity index (χ4v) is 2.67. The first-order valence-electron chi connectivity index (χ1n) is 8.13. The highest BCUT2D eigenvalue weighted by Gasteiger charge is 2.19. The first-order valence-corrected chi connectivity index (χ1v) is 8.13. The van der Waals surface area contributed by atoms with Crippen LogP contribution in [-0.4, -0.2) is 68.7 Å². The number of nitrogens with one attached hydrogen (secondary N) is 1. The number of rotatable bonds is 6. The maximum absolute atomic E-state index is 5.35. The van der Waals surface area contributed by atoms with Crippen LogP contribution in [0.15, 0.2) is 35.3 Å². The van der Waals surface area contributed by atoms with E-state index < -0.39 is 0 Å². The summed E-state index contributed by atoms with van der Waals surface area (Å²) in [6.45, 7) is 9.52. The molecule has 0 saturated carbocycles. The number of nitrogens with zero attached hydrogens (tertiary/aromatic N) is 3. The van der Waals surface area contributed by atoms with Crippen LogP contribution in [0, 0.1) is 0 Å². The fraction of sp³-hybridized carbons (Fsp3) is 0.588. The monoisotopic (exact) mass is 432 g/mol. The molecular formula is C17H29IN4O. The summed E-state index contributed by atoms with van der Waals surface area (Å²) in [5.41, 5.74) is 1.38. The molecule has 1 aromatic rings. The van der Waals surface area contributed by atoms with Crippen molar-refractivity contribution < 1.29 is 4.74 Å². The standard InChI is InChI=1S/C17H28N4O.HI/c1-3-22-14-9-19-17(18-2)21-12-10-20(11-13-21)15-16-7-5-4-6-8-16;/h4-8H,3,9-15H2,1-2H3,(H,18,19);1H. The van der Waals surface area contributed by atoms with Crippen molar-refractivity contribution in [2.45, 2.75) is 13.5 Å². The van der Waals surface area contributed by atoms with Crippen LogP contribution in [0.2, 0.25) is 0 Å². The Balaban J connectivity index is 0.00000264. The third-order valence-corrected chi connectivity index (χ3v) is 3.87. The lowest BCUT2D eigenvalue weighted by atomic mass is 10.2. The molecule has 6 heteroatoms. The summed E-state index contributed by atoms with van der Waals surface area (Å²) < 4.78 is 5.35. The Labute approximate surface area is 157 Å². The molecule has 0 bridgehead atoms. The molecule has 1 N–H and O–H groups in total. The van der Waals surface area contributed by atoms with E-state index in [4.69, 9.17) is 4.74 Å². The summed E-state index contributed by atoms with van der Waals surface area (Å²) >= 11 is 0. The smallest absolute Gasteiger partial charge is 0.193 e. The zero-order chi connectivity index (χ0) is 15.6. The number of hydrogen-bond donors (Lipinski definition) is 1. The van der Waals surface area contributed by atoms with Crippen LogP contribution in [0.1, 0.15) is 12.5 Å². The number of hydrogen-bond acceptors (Lipinski definition) is 3. The van der Waals surface area contributed by atoms with Gasteiger partial charge in [-0.1, -0.05) is 30.3 Å². The van der Waals surface area contributed by atoms with Crippen LogP contribution in [0.3, 0.4) is 0 Å². The molecule has 1 fully saturated rings. The summed E-state index contributed by atoms with van der Waals surface area (Å²) in [5, 5.41) is 3.37. The summed E-state index contributed by atoms with van der Waals surface area (Å²) in [6.07, 6.45) is 0. The molecule has 2 rings (SSSR count). The van der Waals surface area contributed by atoms with Crippen molar-refractivity contribution in [3.8, 4) is 0 Å². The summed E-state index contributed by atoms with van der Waals surface area (Å²) in [4.78, 5) is 9.20. The number of piperazine rings is 1. The lowest BCUT2D eigenvalue weighted by Crippen LogP contribution is -2.52.